The third-order valence-corrected chi connectivity index (χ3v) is 6.64. The van der Waals surface area contributed by atoms with Gasteiger partial charge in [-0.2, -0.15) is 10.1 Å². The molecule has 0 radical (unpaired) electrons. The molecule has 1 unspecified atom stereocenters. The van der Waals surface area contributed by atoms with Gasteiger partial charge in [-0.3, -0.25) is 5.01 Å². The van der Waals surface area contributed by atoms with Gasteiger partial charge in [0.05, 0.1) is 4.90 Å². The lowest BCUT2D eigenvalue weighted by Gasteiger charge is -2.26. The van der Waals surface area contributed by atoms with Crippen molar-refractivity contribution in [1.29, 1.82) is 0 Å². The summed E-state index contributed by atoms with van der Waals surface area (Å²) >= 11 is 0. The van der Waals surface area contributed by atoms with E-state index in [1.165, 1.54) is 6.07 Å². The Balaban J connectivity index is 1.83. The van der Waals surface area contributed by atoms with Crippen molar-refractivity contribution in [3.8, 4) is 0 Å². The number of sulfonamides is 1. The number of nitrogens with zero attached hydrogens (tertiary/aromatic N) is 5. The lowest BCUT2D eigenvalue weighted by atomic mass is 9.93. The van der Waals surface area contributed by atoms with E-state index in [0.717, 1.165) is 17.0 Å². The van der Waals surface area contributed by atoms with E-state index in [1.807, 2.05) is 38.1 Å². The molecular weight excluding hydrogens is 438 g/mol. The second-order valence-electron chi connectivity index (χ2n) is 7.87. The van der Waals surface area contributed by atoms with E-state index in [4.69, 9.17) is 5.14 Å². The van der Waals surface area contributed by atoms with E-state index in [1.54, 1.807) is 30.3 Å². The Labute approximate surface area is 195 Å². The SMILES string of the molecule is C=NN(C)/C(C)=C1/C=CC(N(C)c2ccnc(Nc3ccc(C)c(S(N)(=O)=O)c3)n2)=CC1C. The molecular formula is C23H29N7O2S. The number of allylic oxidation sites excluding steroid dienone is 5. The Bertz CT molecular complexity index is 1270. The normalized spacial score (nSPS) is 17.3. The van der Waals surface area contributed by atoms with E-state index in [-0.39, 0.29) is 10.8 Å². The summed E-state index contributed by atoms with van der Waals surface area (Å²) < 4.78 is 23.6. The molecule has 1 heterocycles. The minimum Gasteiger partial charge on any atom is -0.330 e. The van der Waals surface area contributed by atoms with E-state index in [0.29, 0.717) is 23.0 Å². The zero-order valence-electron chi connectivity index (χ0n) is 19.4. The molecule has 0 amide bonds. The Kier molecular flexibility index (Phi) is 6.99. The first-order chi connectivity index (χ1) is 15.5. The molecule has 10 heteroatoms. The van der Waals surface area contributed by atoms with Crippen molar-refractivity contribution in [3.63, 3.8) is 0 Å². The maximum atomic E-state index is 11.8. The maximum absolute atomic E-state index is 11.8. The molecule has 3 N–H and O–H groups in total. The van der Waals surface area contributed by atoms with Gasteiger partial charge >= 0.3 is 0 Å². The molecule has 0 bridgehead atoms. The third-order valence-electron chi connectivity index (χ3n) is 5.58. The molecule has 33 heavy (non-hydrogen) atoms. The van der Waals surface area contributed by atoms with Gasteiger partial charge in [0.25, 0.3) is 0 Å². The highest BCUT2D eigenvalue weighted by Gasteiger charge is 2.18. The van der Waals surface area contributed by atoms with Gasteiger partial charge in [-0.25, -0.2) is 18.5 Å². The number of aromatic nitrogens is 2. The van der Waals surface area contributed by atoms with Crippen molar-refractivity contribution in [2.75, 3.05) is 24.3 Å². The first-order valence-electron chi connectivity index (χ1n) is 10.3. The monoisotopic (exact) mass is 467 g/mol. The fourth-order valence-electron chi connectivity index (χ4n) is 3.54. The van der Waals surface area contributed by atoms with E-state index in [9.17, 15) is 8.42 Å². The van der Waals surface area contributed by atoms with Gasteiger partial charge < -0.3 is 10.2 Å². The standard InChI is InChI=1S/C23H29N7O2S/c1-15-7-8-18(14-21(15)33(24,31)32)27-23-26-12-11-22(28-23)29(5)19-9-10-20(16(2)13-19)17(3)30(6)25-4/h7-14,16H,4H2,1-3,5-6H3,(H2,24,31,32)(H,26,27,28)/b20-17-. The average Bonchev–Trinajstić information content (AvgIpc) is 2.78. The summed E-state index contributed by atoms with van der Waals surface area (Å²) in [6.45, 7) is 9.41. The van der Waals surface area contributed by atoms with Crippen LogP contribution in [0, 0.1) is 12.8 Å². The zero-order valence-corrected chi connectivity index (χ0v) is 20.3. The largest absolute Gasteiger partial charge is 0.330 e. The highest BCUT2D eigenvalue weighted by Crippen LogP contribution is 2.29. The molecule has 3 rings (SSSR count). The van der Waals surface area contributed by atoms with Crippen LogP contribution in [0.4, 0.5) is 17.5 Å². The third kappa shape index (κ3) is 5.47. The van der Waals surface area contributed by atoms with Crippen LogP contribution in [0.25, 0.3) is 0 Å². The molecule has 9 nitrogen and oxygen atoms in total. The number of anilines is 3. The van der Waals surface area contributed by atoms with E-state index < -0.39 is 10.0 Å². The first kappa shape index (κ1) is 24.1. The first-order valence-corrected chi connectivity index (χ1v) is 11.8. The topological polar surface area (TPSA) is 117 Å². The van der Waals surface area contributed by atoms with Gasteiger partial charge in [-0.1, -0.05) is 25.1 Å². The summed E-state index contributed by atoms with van der Waals surface area (Å²) in [7, 11) is -0.0266. The molecule has 1 atom stereocenters. The highest BCUT2D eigenvalue weighted by atomic mass is 32.2. The molecule has 0 saturated heterocycles. The van der Waals surface area contributed by atoms with Crippen molar-refractivity contribution >= 4 is 34.2 Å². The number of nitrogens with one attached hydrogen (secondary N) is 1. The van der Waals surface area contributed by atoms with Crippen molar-refractivity contribution in [3.05, 3.63) is 71.2 Å². The number of benzene rings is 1. The molecule has 0 fully saturated rings. The zero-order chi connectivity index (χ0) is 24.3. The van der Waals surface area contributed by atoms with Crippen LogP contribution in [0.1, 0.15) is 19.4 Å². The van der Waals surface area contributed by atoms with Crippen LogP contribution in [0.5, 0.6) is 0 Å². The number of likely N-dealkylation sites (N-methyl/N-ethyl adjacent to an activating group) is 1. The molecule has 1 aliphatic rings. The van der Waals surface area contributed by atoms with Crippen LogP contribution in [0.2, 0.25) is 0 Å². The van der Waals surface area contributed by atoms with Gasteiger partial charge in [0.1, 0.15) is 5.82 Å². The minimum atomic E-state index is -3.83. The molecule has 0 aliphatic heterocycles. The fourth-order valence-corrected chi connectivity index (χ4v) is 4.35. The number of hydrogen-bond donors (Lipinski definition) is 2. The van der Waals surface area contributed by atoms with Crippen molar-refractivity contribution in [1.82, 2.24) is 15.0 Å². The van der Waals surface area contributed by atoms with Crippen LogP contribution in [-0.2, 0) is 10.0 Å². The van der Waals surface area contributed by atoms with Gasteiger partial charge in [0.2, 0.25) is 16.0 Å². The number of aryl methyl sites for hydroxylation is 1. The Hall–Kier alpha value is -3.50. The Morgan fingerprint density at radius 3 is 2.61 bits per heavy atom. The predicted molar refractivity (Wildman–Crippen MR) is 133 cm³/mol. The molecule has 174 valence electrons. The van der Waals surface area contributed by atoms with Crippen molar-refractivity contribution in [2.24, 2.45) is 16.2 Å². The highest BCUT2D eigenvalue weighted by molar-refractivity contribution is 7.89. The number of hydrazone groups is 1. The second-order valence-corrected chi connectivity index (χ2v) is 9.40. The quantitative estimate of drug-likeness (QED) is 0.473. The number of primary sulfonamides is 1. The molecule has 2 aromatic rings. The van der Waals surface area contributed by atoms with Gasteiger partial charge in [0, 0.05) is 50.0 Å². The van der Waals surface area contributed by atoms with E-state index >= 15 is 0 Å². The van der Waals surface area contributed by atoms with Gasteiger partial charge in [-0.05, 0) is 49.3 Å². The average molecular weight is 468 g/mol. The number of hydrogen-bond acceptors (Lipinski definition) is 8. The minimum absolute atomic E-state index is 0.0590. The molecule has 0 spiro atoms. The molecule has 0 saturated carbocycles. The number of rotatable bonds is 7. The fraction of sp³-hybridized carbons (Fsp3) is 0.261. The predicted octanol–water partition coefficient (Wildman–Crippen LogP) is 3.52. The summed E-state index contributed by atoms with van der Waals surface area (Å²) in [6, 6.07) is 6.72. The van der Waals surface area contributed by atoms with Crippen LogP contribution < -0.4 is 15.4 Å². The number of nitrogens with two attached hydrogens (primary N) is 1. The Morgan fingerprint density at radius 2 is 1.97 bits per heavy atom. The van der Waals surface area contributed by atoms with Crippen molar-refractivity contribution in [2.45, 2.75) is 25.7 Å². The lowest BCUT2D eigenvalue weighted by molar-refractivity contribution is 0.442. The smallest absolute Gasteiger partial charge is 0.238 e. The molecule has 1 aromatic heterocycles. The van der Waals surface area contributed by atoms with Crippen LogP contribution in [-0.4, -0.2) is 44.2 Å². The lowest BCUT2D eigenvalue weighted by Crippen LogP contribution is -2.21. The summed E-state index contributed by atoms with van der Waals surface area (Å²) in [6.07, 6.45) is 7.91. The molecule has 1 aliphatic carbocycles. The van der Waals surface area contributed by atoms with Gasteiger partial charge in [-0.15, -0.1) is 0 Å². The molecule has 1 aromatic carbocycles. The second kappa shape index (κ2) is 9.55. The van der Waals surface area contributed by atoms with E-state index in [2.05, 4.69) is 46.2 Å². The summed E-state index contributed by atoms with van der Waals surface area (Å²) in [5.74, 6) is 1.20. The summed E-state index contributed by atoms with van der Waals surface area (Å²) in [5, 5.41) is 14.1. The maximum Gasteiger partial charge on any atom is 0.238 e. The Morgan fingerprint density at radius 1 is 1.24 bits per heavy atom. The van der Waals surface area contributed by atoms with Crippen molar-refractivity contribution < 1.29 is 8.42 Å². The summed E-state index contributed by atoms with van der Waals surface area (Å²) in [4.78, 5) is 10.9. The van der Waals surface area contributed by atoms with Crippen LogP contribution >= 0.6 is 0 Å². The van der Waals surface area contributed by atoms with Gasteiger partial charge in [0.15, 0.2) is 0 Å². The van der Waals surface area contributed by atoms with Crippen LogP contribution in [0.3, 0.4) is 0 Å². The summed E-state index contributed by atoms with van der Waals surface area (Å²) in [5.41, 5.74) is 4.29. The van der Waals surface area contributed by atoms with Crippen LogP contribution in [0.15, 0.2) is 75.7 Å².